The first-order valence-corrected chi connectivity index (χ1v) is 7.03. The summed E-state index contributed by atoms with van der Waals surface area (Å²) in [6.07, 6.45) is 1.92. The lowest BCUT2D eigenvalue weighted by molar-refractivity contribution is -0.308. The van der Waals surface area contributed by atoms with Crippen molar-refractivity contribution in [3.8, 4) is 11.5 Å². The Bertz CT molecular complexity index is 529. The highest BCUT2D eigenvalue weighted by molar-refractivity contribution is 5.97. The maximum atomic E-state index is 12.1. The van der Waals surface area contributed by atoms with Gasteiger partial charge in [-0.2, -0.15) is 0 Å². The predicted octanol–water partition coefficient (Wildman–Crippen LogP) is 0.496. The molecular formula is C15H18NO5-. The van der Waals surface area contributed by atoms with Gasteiger partial charge in [-0.3, -0.25) is 4.79 Å². The molecule has 1 amide bonds. The summed E-state index contributed by atoms with van der Waals surface area (Å²) in [6.45, 7) is 2.85. The van der Waals surface area contributed by atoms with E-state index in [1.54, 1.807) is 18.2 Å². The van der Waals surface area contributed by atoms with Crippen LogP contribution in [-0.4, -0.2) is 31.1 Å². The Hall–Kier alpha value is -2.24. The summed E-state index contributed by atoms with van der Waals surface area (Å²) < 4.78 is 10.8. The minimum Gasteiger partial charge on any atom is -0.548 e. The second-order valence-corrected chi connectivity index (χ2v) is 4.85. The minimum atomic E-state index is -1.27. The fourth-order valence-corrected chi connectivity index (χ4v) is 2.08. The summed E-state index contributed by atoms with van der Waals surface area (Å²) in [5, 5.41) is 13.5. The van der Waals surface area contributed by atoms with E-state index >= 15 is 0 Å². The lowest BCUT2D eigenvalue weighted by atomic mass is 10.1. The standard InChI is InChI=1S/C15H19NO5/c1-2-3-4-11(15(18)19)16-14(17)10-5-6-12-13(9-10)21-8-7-20-12/h5-6,9,11H,2-4,7-8H2,1H3,(H,16,17)(H,18,19)/p-1/t11-/m1/s1. The van der Waals surface area contributed by atoms with Gasteiger partial charge in [0.15, 0.2) is 11.5 Å². The molecule has 0 aliphatic carbocycles. The quantitative estimate of drug-likeness (QED) is 0.824. The number of fused-ring (bicyclic) bond motifs is 1. The first-order chi connectivity index (χ1) is 10.1. The Kier molecular flexibility index (Phi) is 5.03. The molecule has 6 nitrogen and oxygen atoms in total. The first kappa shape index (κ1) is 15.2. The zero-order valence-electron chi connectivity index (χ0n) is 11.9. The number of carboxylic acids is 1. The van der Waals surface area contributed by atoms with E-state index in [-0.39, 0.29) is 0 Å². The van der Waals surface area contributed by atoms with E-state index in [2.05, 4.69) is 5.32 Å². The van der Waals surface area contributed by atoms with Crippen LogP contribution in [0.2, 0.25) is 0 Å². The third-order valence-corrected chi connectivity index (χ3v) is 3.24. The van der Waals surface area contributed by atoms with Crippen molar-refractivity contribution >= 4 is 11.9 Å². The number of amides is 1. The molecular weight excluding hydrogens is 274 g/mol. The van der Waals surface area contributed by atoms with Gasteiger partial charge >= 0.3 is 0 Å². The third-order valence-electron chi connectivity index (χ3n) is 3.24. The number of carbonyl (C=O) groups is 2. The predicted molar refractivity (Wildman–Crippen MR) is 73.2 cm³/mol. The third kappa shape index (κ3) is 3.87. The summed E-state index contributed by atoms with van der Waals surface area (Å²) in [5.74, 6) is -0.653. The van der Waals surface area contributed by atoms with E-state index in [1.165, 1.54) is 0 Å². The molecule has 0 saturated carbocycles. The van der Waals surface area contributed by atoms with E-state index in [0.717, 1.165) is 6.42 Å². The highest BCUT2D eigenvalue weighted by atomic mass is 16.6. The van der Waals surface area contributed by atoms with E-state index in [0.29, 0.717) is 43.1 Å². The van der Waals surface area contributed by atoms with Crippen LogP contribution in [0.15, 0.2) is 18.2 Å². The van der Waals surface area contributed by atoms with Crippen LogP contribution in [0.1, 0.15) is 36.5 Å². The van der Waals surface area contributed by atoms with E-state index < -0.39 is 17.9 Å². The van der Waals surface area contributed by atoms with Crippen LogP contribution in [0.3, 0.4) is 0 Å². The normalized spacial score (nSPS) is 14.3. The zero-order valence-corrected chi connectivity index (χ0v) is 11.9. The molecule has 1 aromatic carbocycles. The number of aliphatic carboxylic acids is 1. The van der Waals surface area contributed by atoms with Crippen LogP contribution in [0.25, 0.3) is 0 Å². The van der Waals surface area contributed by atoms with Crippen molar-refractivity contribution < 1.29 is 24.2 Å². The molecule has 6 heteroatoms. The highest BCUT2D eigenvalue weighted by Crippen LogP contribution is 2.30. The van der Waals surface area contributed by atoms with Gasteiger partial charge in [-0.1, -0.05) is 19.8 Å². The van der Waals surface area contributed by atoms with Crippen molar-refractivity contribution in [1.82, 2.24) is 5.32 Å². The van der Waals surface area contributed by atoms with Crippen LogP contribution < -0.4 is 19.9 Å². The Morgan fingerprint density at radius 1 is 1.29 bits per heavy atom. The molecule has 1 aliphatic rings. The van der Waals surface area contributed by atoms with Crippen molar-refractivity contribution in [3.63, 3.8) is 0 Å². The Morgan fingerprint density at radius 2 is 2.00 bits per heavy atom. The summed E-state index contributed by atoms with van der Waals surface area (Å²) >= 11 is 0. The molecule has 0 spiro atoms. The topological polar surface area (TPSA) is 87.7 Å². The van der Waals surface area contributed by atoms with Crippen molar-refractivity contribution in [3.05, 3.63) is 23.8 Å². The molecule has 0 bridgehead atoms. The van der Waals surface area contributed by atoms with Crippen molar-refractivity contribution in [2.45, 2.75) is 32.2 Å². The smallest absolute Gasteiger partial charge is 0.251 e. The van der Waals surface area contributed by atoms with Crippen LogP contribution in [0.4, 0.5) is 0 Å². The molecule has 2 rings (SSSR count). The number of rotatable bonds is 6. The molecule has 114 valence electrons. The van der Waals surface area contributed by atoms with E-state index in [9.17, 15) is 14.7 Å². The molecule has 1 N–H and O–H groups in total. The van der Waals surface area contributed by atoms with Gasteiger partial charge in [0.2, 0.25) is 0 Å². The molecule has 0 saturated heterocycles. The maximum Gasteiger partial charge on any atom is 0.251 e. The van der Waals surface area contributed by atoms with Crippen LogP contribution in [0, 0.1) is 0 Å². The number of unbranched alkanes of at least 4 members (excludes halogenated alkanes) is 1. The van der Waals surface area contributed by atoms with Gasteiger partial charge in [0.05, 0.1) is 12.0 Å². The molecule has 0 radical (unpaired) electrons. The highest BCUT2D eigenvalue weighted by Gasteiger charge is 2.18. The molecule has 0 aromatic heterocycles. The van der Waals surface area contributed by atoms with E-state index in [1.807, 2.05) is 6.92 Å². The Morgan fingerprint density at radius 3 is 2.67 bits per heavy atom. The van der Waals surface area contributed by atoms with Gasteiger partial charge in [0, 0.05) is 5.56 Å². The molecule has 21 heavy (non-hydrogen) atoms. The van der Waals surface area contributed by atoms with Crippen LogP contribution >= 0.6 is 0 Å². The molecule has 1 aromatic rings. The zero-order chi connectivity index (χ0) is 15.2. The summed E-state index contributed by atoms with van der Waals surface area (Å²) in [5.41, 5.74) is 0.335. The molecule has 0 fully saturated rings. The number of benzene rings is 1. The number of carbonyl (C=O) groups excluding carboxylic acids is 2. The molecule has 1 atom stereocenters. The Balaban J connectivity index is 2.06. The van der Waals surface area contributed by atoms with Crippen molar-refractivity contribution in [2.75, 3.05) is 13.2 Å². The fraction of sp³-hybridized carbons (Fsp3) is 0.467. The molecule has 1 heterocycles. The lowest BCUT2D eigenvalue weighted by Gasteiger charge is -2.21. The number of carboxylic acid groups (broad SMARTS) is 1. The van der Waals surface area contributed by atoms with Crippen LogP contribution in [0.5, 0.6) is 11.5 Å². The maximum absolute atomic E-state index is 12.1. The molecule has 0 unspecified atom stereocenters. The monoisotopic (exact) mass is 292 g/mol. The second kappa shape index (κ2) is 6.97. The van der Waals surface area contributed by atoms with Gasteiger partial charge in [-0.15, -0.1) is 0 Å². The fourth-order valence-electron chi connectivity index (χ4n) is 2.08. The van der Waals surface area contributed by atoms with Gasteiger partial charge < -0.3 is 24.7 Å². The average molecular weight is 292 g/mol. The van der Waals surface area contributed by atoms with E-state index in [4.69, 9.17) is 9.47 Å². The molecule has 1 aliphatic heterocycles. The summed E-state index contributed by atoms with van der Waals surface area (Å²) in [7, 11) is 0. The summed E-state index contributed by atoms with van der Waals surface area (Å²) in [4.78, 5) is 23.1. The van der Waals surface area contributed by atoms with Gasteiger partial charge in [0.1, 0.15) is 13.2 Å². The minimum absolute atomic E-state index is 0.335. The summed E-state index contributed by atoms with van der Waals surface area (Å²) in [6, 6.07) is 3.79. The number of nitrogens with one attached hydrogen (secondary N) is 1. The van der Waals surface area contributed by atoms with Crippen LogP contribution in [-0.2, 0) is 4.79 Å². The SMILES string of the molecule is CCCC[C@@H](NC(=O)c1ccc2c(c1)OCCO2)C(=O)[O-]. The van der Waals surface area contributed by atoms with Crippen molar-refractivity contribution in [2.24, 2.45) is 0 Å². The van der Waals surface area contributed by atoms with Gasteiger partial charge in [-0.25, -0.2) is 0 Å². The van der Waals surface area contributed by atoms with Crippen molar-refractivity contribution in [1.29, 1.82) is 0 Å². The second-order valence-electron chi connectivity index (χ2n) is 4.85. The lowest BCUT2D eigenvalue weighted by Crippen LogP contribution is -2.47. The first-order valence-electron chi connectivity index (χ1n) is 7.03. The van der Waals surface area contributed by atoms with Gasteiger partial charge in [-0.05, 0) is 24.6 Å². The number of hydrogen-bond donors (Lipinski definition) is 1. The largest absolute Gasteiger partial charge is 0.548 e. The number of ether oxygens (including phenoxy) is 2. The van der Waals surface area contributed by atoms with Gasteiger partial charge in [0.25, 0.3) is 5.91 Å². The Labute approximate surface area is 123 Å². The average Bonchev–Trinajstić information content (AvgIpc) is 2.50. The number of hydrogen-bond acceptors (Lipinski definition) is 5.